The zero-order chi connectivity index (χ0) is 14.9. The number of thiazole rings is 1. The van der Waals surface area contributed by atoms with E-state index in [1.165, 1.54) is 0 Å². The van der Waals surface area contributed by atoms with Crippen LogP contribution in [-0.2, 0) is 4.74 Å². The lowest BCUT2D eigenvalue weighted by Gasteiger charge is -2.34. The van der Waals surface area contributed by atoms with Crippen molar-refractivity contribution in [1.82, 2.24) is 26.1 Å². The lowest BCUT2D eigenvalue weighted by atomic mass is 10.2. The van der Waals surface area contributed by atoms with E-state index in [0.29, 0.717) is 19.0 Å². The molecule has 0 aromatic carbocycles. The topological polar surface area (TPSA) is 86.6 Å². The van der Waals surface area contributed by atoms with Crippen LogP contribution in [0.1, 0.15) is 11.1 Å². The number of hydrazine groups is 2. The average molecular weight is 449 g/mol. The highest BCUT2D eigenvalue weighted by Crippen LogP contribution is 2.28. The lowest BCUT2D eigenvalue weighted by molar-refractivity contribution is -0.00738. The van der Waals surface area contributed by atoms with E-state index in [1.54, 1.807) is 23.6 Å². The molecule has 4 rings (SSSR count). The number of aromatic nitrogens is 1. The molecule has 1 unspecified atom stereocenters. The monoisotopic (exact) mass is 449 g/mol. The van der Waals surface area contributed by atoms with Crippen molar-refractivity contribution in [3.8, 4) is 5.88 Å². The van der Waals surface area contributed by atoms with Gasteiger partial charge in [-0.25, -0.2) is 10.5 Å². The van der Waals surface area contributed by atoms with Crippen LogP contribution in [0, 0.1) is 0 Å². The molecule has 0 amide bonds. The predicted octanol–water partition coefficient (Wildman–Crippen LogP) is 0.665. The fourth-order valence-corrected chi connectivity index (χ4v) is 3.20. The van der Waals surface area contributed by atoms with Crippen molar-refractivity contribution in [2.75, 3.05) is 26.8 Å². The molecule has 2 N–H and O–H groups in total. The van der Waals surface area contributed by atoms with Gasteiger partial charge >= 0.3 is 0 Å². The van der Waals surface area contributed by atoms with Crippen molar-refractivity contribution in [3.05, 3.63) is 22.5 Å². The normalized spacial score (nSPS) is 22.7. The van der Waals surface area contributed by atoms with Gasteiger partial charge in [0.25, 0.3) is 0 Å². The molecule has 0 bridgehead atoms. The minimum Gasteiger partial charge on any atom is -0.480 e. The van der Waals surface area contributed by atoms with Crippen LogP contribution in [0.15, 0.2) is 27.7 Å². The van der Waals surface area contributed by atoms with Crippen LogP contribution in [0.2, 0.25) is 0 Å². The number of hydrogen-bond donors (Lipinski definition) is 2. The number of halogens is 1. The molecule has 0 spiro atoms. The Labute approximate surface area is 154 Å². The molecule has 0 aliphatic carbocycles. The lowest BCUT2D eigenvalue weighted by Crippen LogP contribution is -2.46. The van der Waals surface area contributed by atoms with Crippen molar-refractivity contribution >= 4 is 47.0 Å². The maximum atomic E-state index is 5.84. The van der Waals surface area contributed by atoms with E-state index in [2.05, 4.69) is 31.2 Å². The van der Waals surface area contributed by atoms with E-state index < -0.39 is 0 Å². The highest BCUT2D eigenvalue weighted by molar-refractivity contribution is 14.0. The van der Waals surface area contributed by atoms with E-state index >= 15 is 0 Å². The first-order valence-electron chi connectivity index (χ1n) is 6.84. The number of amidine groups is 2. The van der Waals surface area contributed by atoms with Crippen molar-refractivity contribution < 1.29 is 9.47 Å². The van der Waals surface area contributed by atoms with Crippen LogP contribution in [-0.4, -0.2) is 53.5 Å². The van der Waals surface area contributed by atoms with Crippen LogP contribution < -0.4 is 15.8 Å². The van der Waals surface area contributed by atoms with Gasteiger partial charge in [-0.2, -0.15) is 5.12 Å². The number of methoxy groups -OCH3 is 1. The van der Waals surface area contributed by atoms with Gasteiger partial charge in [-0.3, -0.25) is 0 Å². The number of nitrogens with zero attached hydrogens (tertiary/aromatic N) is 5. The average Bonchev–Trinajstić information content (AvgIpc) is 3.23. The summed E-state index contributed by atoms with van der Waals surface area (Å²) in [6, 6.07) is 0. The first-order chi connectivity index (χ1) is 10.8. The number of hydrogen-bond acceptors (Lipinski definition) is 10. The Morgan fingerprint density at radius 3 is 3.09 bits per heavy atom. The molecule has 11 heteroatoms. The van der Waals surface area contributed by atoms with Gasteiger partial charge < -0.3 is 14.4 Å². The second-order valence-corrected chi connectivity index (χ2v) is 5.72. The van der Waals surface area contributed by atoms with Gasteiger partial charge in [0.05, 0.1) is 25.6 Å². The fourth-order valence-electron chi connectivity index (χ4n) is 2.39. The number of nitrogens with one attached hydrogen (secondary N) is 2. The summed E-state index contributed by atoms with van der Waals surface area (Å²) in [5, 5.41) is 13.0. The molecule has 1 saturated heterocycles. The zero-order valence-electron chi connectivity index (χ0n) is 12.3. The molecular formula is C12H16IN7O2S. The Hall–Kier alpha value is -1.44. The largest absolute Gasteiger partial charge is 0.480 e. The van der Waals surface area contributed by atoms with Crippen LogP contribution in [0.3, 0.4) is 0 Å². The standard InChI is InChI=1S/C12H15N7O2S.HI/c1-20-11-7-22-12(13-11)8-6-18(4-5-21-8)10-3-2-9-14-16-17-19(9)15-10;/h2-3,7-8,16-17H,4-6H2,1H3;1H. The maximum absolute atomic E-state index is 5.84. The van der Waals surface area contributed by atoms with E-state index in [1.807, 2.05) is 17.5 Å². The van der Waals surface area contributed by atoms with Gasteiger partial charge in [0.1, 0.15) is 11.1 Å². The molecule has 0 saturated carbocycles. The minimum atomic E-state index is -0.0709. The quantitative estimate of drug-likeness (QED) is 0.642. The first kappa shape index (κ1) is 16.4. The smallest absolute Gasteiger partial charge is 0.224 e. The Balaban J connectivity index is 0.00000156. The molecule has 0 radical (unpaired) electrons. The molecule has 1 aromatic rings. The summed E-state index contributed by atoms with van der Waals surface area (Å²) in [5.41, 5.74) is 5.51. The van der Waals surface area contributed by atoms with Gasteiger partial charge in [0.2, 0.25) is 5.88 Å². The number of ether oxygens (including phenoxy) is 2. The summed E-state index contributed by atoms with van der Waals surface area (Å²) in [4.78, 5) is 6.60. The molecule has 1 aromatic heterocycles. The summed E-state index contributed by atoms with van der Waals surface area (Å²) in [6.45, 7) is 2.12. The third-order valence-corrected chi connectivity index (χ3v) is 4.42. The Morgan fingerprint density at radius 1 is 1.39 bits per heavy atom. The molecule has 1 fully saturated rings. The summed E-state index contributed by atoms with van der Waals surface area (Å²) < 4.78 is 11.0. The molecular weight excluding hydrogens is 433 g/mol. The van der Waals surface area contributed by atoms with E-state index in [0.717, 1.165) is 23.2 Å². The molecule has 1 atom stereocenters. The number of rotatable bonds is 2. The van der Waals surface area contributed by atoms with Crippen LogP contribution >= 0.6 is 35.3 Å². The predicted molar refractivity (Wildman–Crippen MR) is 96.5 cm³/mol. The fraction of sp³-hybridized carbons (Fsp3) is 0.417. The zero-order valence-corrected chi connectivity index (χ0v) is 15.4. The molecule has 3 aliphatic rings. The Morgan fingerprint density at radius 2 is 2.26 bits per heavy atom. The van der Waals surface area contributed by atoms with Crippen molar-refractivity contribution in [1.29, 1.82) is 0 Å². The van der Waals surface area contributed by atoms with Crippen molar-refractivity contribution in [2.24, 2.45) is 10.2 Å². The van der Waals surface area contributed by atoms with Crippen LogP contribution in [0.4, 0.5) is 0 Å². The molecule has 4 heterocycles. The number of fused-ring (bicyclic) bond motifs is 1. The molecule has 3 aliphatic heterocycles. The van der Waals surface area contributed by atoms with Crippen LogP contribution in [0.25, 0.3) is 0 Å². The highest BCUT2D eigenvalue weighted by Gasteiger charge is 2.28. The van der Waals surface area contributed by atoms with E-state index in [9.17, 15) is 0 Å². The van der Waals surface area contributed by atoms with Gasteiger partial charge in [-0.15, -0.1) is 51.1 Å². The summed E-state index contributed by atoms with van der Waals surface area (Å²) in [6.07, 6.45) is 3.79. The van der Waals surface area contributed by atoms with E-state index in [4.69, 9.17) is 9.47 Å². The second-order valence-electron chi connectivity index (χ2n) is 4.83. The van der Waals surface area contributed by atoms with Crippen molar-refractivity contribution in [2.45, 2.75) is 6.10 Å². The third kappa shape index (κ3) is 3.27. The van der Waals surface area contributed by atoms with Gasteiger partial charge in [-0.1, -0.05) is 0 Å². The summed E-state index contributed by atoms with van der Waals surface area (Å²) in [7, 11) is 1.62. The SMILES string of the molecule is COc1csc(C2CN(C3=NN4NNN=C4C=C3)CCO2)n1.I. The molecule has 23 heavy (non-hydrogen) atoms. The molecule has 124 valence electrons. The number of hydrazone groups is 2. The Kier molecular flexibility index (Phi) is 4.99. The minimum absolute atomic E-state index is 0. The first-order valence-corrected chi connectivity index (χ1v) is 7.72. The van der Waals surface area contributed by atoms with Crippen molar-refractivity contribution in [3.63, 3.8) is 0 Å². The molecule has 9 nitrogen and oxygen atoms in total. The highest BCUT2D eigenvalue weighted by atomic mass is 127. The van der Waals surface area contributed by atoms with E-state index in [-0.39, 0.29) is 30.1 Å². The summed E-state index contributed by atoms with van der Waals surface area (Å²) >= 11 is 1.55. The third-order valence-electron chi connectivity index (χ3n) is 3.50. The van der Waals surface area contributed by atoms with Gasteiger partial charge in [0, 0.05) is 6.54 Å². The number of morpholine rings is 1. The Bertz CT molecular complexity index is 662. The van der Waals surface area contributed by atoms with Gasteiger partial charge in [0.15, 0.2) is 11.7 Å². The maximum Gasteiger partial charge on any atom is 0.224 e. The summed E-state index contributed by atoms with van der Waals surface area (Å²) in [5.74, 6) is 2.23. The van der Waals surface area contributed by atoms with Gasteiger partial charge in [-0.05, 0) is 12.2 Å². The van der Waals surface area contributed by atoms with Crippen LogP contribution in [0.5, 0.6) is 5.88 Å². The second kappa shape index (κ2) is 6.98.